The number of hydrogen-bond acceptors (Lipinski definition) is 5. The van der Waals surface area contributed by atoms with Gasteiger partial charge in [0.05, 0.1) is 11.3 Å². The summed E-state index contributed by atoms with van der Waals surface area (Å²) in [5.41, 5.74) is 0.962. The first-order valence-electron chi connectivity index (χ1n) is 6.99. The van der Waals surface area contributed by atoms with E-state index in [1.807, 2.05) is 13.2 Å². The van der Waals surface area contributed by atoms with Gasteiger partial charge in [0.2, 0.25) is 0 Å². The van der Waals surface area contributed by atoms with Crippen molar-refractivity contribution in [2.45, 2.75) is 30.9 Å². The third-order valence-corrected chi connectivity index (χ3v) is 5.06. The molecule has 20 heavy (non-hydrogen) atoms. The Labute approximate surface area is 122 Å². The van der Waals surface area contributed by atoms with E-state index in [0.717, 1.165) is 43.1 Å². The summed E-state index contributed by atoms with van der Waals surface area (Å²) in [5.74, 6) is 0. The van der Waals surface area contributed by atoms with Gasteiger partial charge < -0.3 is 14.8 Å². The molecular formula is C14H21N3O2S. The Hall–Kier alpha value is -0.950. The van der Waals surface area contributed by atoms with Crippen molar-refractivity contribution < 1.29 is 9.47 Å². The van der Waals surface area contributed by atoms with Crippen LogP contribution in [0, 0.1) is 0 Å². The third kappa shape index (κ3) is 2.48. The first-order chi connectivity index (χ1) is 9.77. The number of nitrogens with zero attached hydrogens (tertiary/aromatic N) is 2. The van der Waals surface area contributed by atoms with Crippen LogP contribution in [-0.4, -0.2) is 48.4 Å². The van der Waals surface area contributed by atoms with Crippen molar-refractivity contribution in [3.05, 3.63) is 23.5 Å². The summed E-state index contributed by atoms with van der Waals surface area (Å²) >= 11 is 1.66. The van der Waals surface area contributed by atoms with Crippen LogP contribution >= 0.6 is 11.3 Å². The molecule has 0 aliphatic carbocycles. The Kier molecular flexibility index (Phi) is 4.07. The lowest BCUT2D eigenvalue weighted by Gasteiger charge is -2.42. The van der Waals surface area contributed by atoms with Crippen molar-refractivity contribution in [3.63, 3.8) is 0 Å². The fourth-order valence-corrected chi connectivity index (χ4v) is 3.77. The number of rotatable bonds is 5. The maximum atomic E-state index is 5.89. The van der Waals surface area contributed by atoms with Gasteiger partial charge in [-0.05, 0) is 7.05 Å². The molecule has 1 atom stereocenters. The van der Waals surface area contributed by atoms with Crippen LogP contribution in [0.4, 0.5) is 0 Å². The van der Waals surface area contributed by atoms with Gasteiger partial charge in [0, 0.05) is 63.4 Å². The number of fused-ring (bicyclic) bond motifs is 1. The van der Waals surface area contributed by atoms with Gasteiger partial charge in [0.25, 0.3) is 0 Å². The number of likely N-dealkylation sites (N-methyl/N-ethyl adjacent to an activating group) is 1. The highest BCUT2D eigenvalue weighted by Crippen LogP contribution is 2.30. The summed E-state index contributed by atoms with van der Waals surface area (Å²) in [7, 11) is 3.81. The van der Waals surface area contributed by atoms with Gasteiger partial charge in [-0.15, -0.1) is 11.3 Å². The molecule has 0 amide bonds. The lowest BCUT2D eigenvalue weighted by Crippen LogP contribution is -2.55. The van der Waals surface area contributed by atoms with Crippen LogP contribution in [0.5, 0.6) is 0 Å². The first kappa shape index (κ1) is 14.0. The van der Waals surface area contributed by atoms with Crippen molar-refractivity contribution in [1.82, 2.24) is 14.7 Å². The average Bonchev–Trinajstić information content (AvgIpc) is 3.06. The van der Waals surface area contributed by atoms with Gasteiger partial charge in [0.15, 0.2) is 4.96 Å². The first-order valence-corrected chi connectivity index (χ1v) is 7.86. The SMILES string of the molecule is CNC(Cc1cn2ccsc2n1)C1(OC)CCOCC1. The predicted octanol–water partition coefficient (Wildman–Crippen LogP) is 1.72. The number of nitrogens with one attached hydrogen (secondary N) is 1. The number of aromatic nitrogens is 2. The molecule has 1 fully saturated rings. The molecule has 2 aromatic rings. The van der Waals surface area contributed by atoms with E-state index in [9.17, 15) is 0 Å². The summed E-state index contributed by atoms with van der Waals surface area (Å²) in [4.78, 5) is 5.72. The fourth-order valence-electron chi connectivity index (χ4n) is 3.05. The molecular weight excluding hydrogens is 274 g/mol. The van der Waals surface area contributed by atoms with Crippen LogP contribution in [0.25, 0.3) is 4.96 Å². The van der Waals surface area contributed by atoms with E-state index in [1.54, 1.807) is 18.4 Å². The van der Waals surface area contributed by atoms with Crippen LogP contribution in [0.2, 0.25) is 0 Å². The van der Waals surface area contributed by atoms with E-state index >= 15 is 0 Å². The van der Waals surface area contributed by atoms with Crippen molar-refractivity contribution in [2.24, 2.45) is 0 Å². The molecule has 1 saturated heterocycles. The van der Waals surface area contributed by atoms with Crippen LogP contribution in [0.3, 0.4) is 0 Å². The molecule has 0 bridgehead atoms. The van der Waals surface area contributed by atoms with Gasteiger partial charge in [-0.25, -0.2) is 4.98 Å². The largest absolute Gasteiger partial charge is 0.381 e. The van der Waals surface area contributed by atoms with Crippen LogP contribution in [0.15, 0.2) is 17.8 Å². The maximum absolute atomic E-state index is 5.89. The molecule has 5 nitrogen and oxygen atoms in total. The molecule has 0 radical (unpaired) electrons. The van der Waals surface area contributed by atoms with Crippen LogP contribution < -0.4 is 5.32 Å². The lowest BCUT2D eigenvalue weighted by molar-refractivity contribution is -0.109. The summed E-state index contributed by atoms with van der Waals surface area (Å²) < 4.78 is 13.4. The third-order valence-electron chi connectivity index (χ3n) is 4.29. The highest BCUT2D eigenvalue weighted by Gasteiger charge is 2.40. The number of hydrogen-bond donors (Lipinski definition) is 1. The Morgan fingerprint density at radius 2 is 2.35 bits per heavy atom. The van der Waals surface area contributed by atoms with Gasteiger partial charge >= 0.3 is 0 Å². The van der Waals surface area contributed by atoms with E-state index in [0.29, 0.717) is 0 Å². The van der Waals surface area contributed by atoms with Gasteiger partial charge in [-0.2, -0.15) is 0 Å². The standard InChI is InChI=1S/C14H21N3O2S/c1-15-12(14(18-2)3-6-19-7-4-14)9-11-10-17-5-8-20-13(17)16-11/h5,8,10,12,15H,3-4,6-7,9H2,1-2H3. The van der Waals surface area contributed by atoms with Crippen molar-refractivity contribution >= 4 is 16.3 Å². The Morgan fingerprint density at radius 1 is 1.55 bits per heavy atom. The average molecular weight is 295 g/mol. The molecule has 0 spiro atoms. The zero-order chi connectivity index (χ0) is 14.0. The van der Waals surface area contributed by atoms with Crippen molar-refractivity contribution in [3.8, 4) is 0 Å². The molecule has 1 aliphatic rings. The Balaban J connectivity index is 1.79. The minimum Gasteiger partial charge on any atom is -0.381 e. The van der Waals surface area contributed by atoms with Crippen molar-refractivity contribution in [2.75, 3.05) is 27.4 Å². The highest BCUT2D eigenvalue weighted by atomic mass is 32.1. The monoisotopic (exact) mass is 295 g/mol. The molecule has 1 aliphatic heterocycles. The lowest BCUT2D eigenvalue weighted by atomic mass is 9.83. The second-order valence-corrected chi connectivity index (χ2v) is 6.12. The van der Waals surface area contributed by atoms with Crippen molar-refractivity contribution in [1.29, 1.82) is 0 Å². The van der Waals surface area contributed by atoms with E-state index in [4.69, 9.17) is 9.47 Å². The number of ether oxygens (including phenoxy) is 2. The summed E-state index contributed by atoms with van der Waals surface area (Å²) in [6.45, 7) is 1.54. The topological polar surface area (TPSA) is 47.8 Å². The van der Waals surface area contributed by atoms with E-state index in [-0.39, 0.29) is 11.6 Å². The van der Waals surface area contributed by atoms with E-state index < -0.39 is 0 Å². The van der Waals surface area contributed by atoms with Gasteiger partial charge in [0.1, 0.15) is 0 Å². The van der Waals surface area contributed by atoms with Crippen LogP contribution in [0.1, 0.15) is 18.5 Å². The normalized spacial score (nSPS) is 20.3. The molecule has 3 heterocycles. The number of imidazole rings is 1. The summed E-state index contributed by atoms with van der Waals surface area (Å²) in [6, 6.07) is 0.251. The minimum absolute atomic E-state index is 0.149. The van der Waals surface area contributed by atoms with E-state index in [2.05, 4.69) is 26.3 Å². The number of methoxy groups -OCH3 is 1. The summed E-state index contributed by atoms with van der Waals surface area (Å²) in [6.07, 6.45) is 6.89. The molecule has 0 saturated carbocycles. The summed E-state index contributed by atoms with van der Waals surface area (Å²) in [5, 5.41) is 5.47. The molecule has 6 heteroatoms. The molecule has 2 aromatic heterocycles. The Morgan fingerprint density at radius 3 is 3.00 bits per heavy atom. The smallest absolute Gasteiger partial charge is 0.193 e. The van der Waals surface area contributed by atoms with Gasteiger partial charge in [-0.1, -0.05) is 0 Å². The molecule has 1 N–H and O–H groups in total. The fraction of sp³-hybridized carbons (Fsp3) is 0.643. The second kappa shape index (κ2) is 5.81. The minimum atomic E-state index is -0.149. The van der Waals surface area contributed by atoms with E-state index in [1.165, 1.54) is 0 Å². The molecule has 0 aromatic carbocycles. The predicted molar refractivity (Wildman–Crippen MR) is 79.4 cm³/mol. The van der Waals surface area contributed by atoms with Gasteiger partial charge in [-0.3, -0.25) is 4.40 Å². The number of thiazole rings is 1. The maximum Gasteiger partial charge on any atom is 0.193 e. The Bertz CT molecular complexity index is 531. The van der Waals surface area contributed by atoms with Crippen LogP contribution in [-0.2, 0) is 15.9 Å². The highest BCUT2D eigenvalue weighted by molar-refractivity contribution is 7.15. The zero-order valence-corrected chi connectivity index (χ0v) is 12.8. The second-order valence-electron chi connectivity index (χ2n) is 5.25. The molecule has 110 valence electrons. The zero-order valence-electron chi connectivity index (χ0n) is 12.0. The quantitative estimate of drug-likeness (QED) is 0.912. The molecule has 3 rings (SSSR count). The molecule has 1 unspecified atom stereocenters.